The molecule has 2 aliphatic rings. The number of likely N-dealkylation sites (tertiary alicyclic amines) is 1. The molecule has 2 heterocycles. The fourth-order valence-corrected chi connectivity index (χ4v) is 3.03. The molecule has 0 aromatic rings. The van der Waals surface area contributed by atoms with Gasteiger partial charge in [0.25, 0.3) is 0 Å². The summed E-state index contributed by atoms with van der Waals surface area (Å²) < 4.78 is 5.79. The molecule has 0 spiro atoms. The number of hydrogen-bond acceptors (Lipinski definition) is 3. The maximum Gasteiger partial charge on any atom is 0.0605 e. The Hall–Kier alpha value is 0.170. The summed E-state index contributed by atoms with van der Waals surface area (Å²) in [6.07, 6.45) is 5.70. The van der Waals surface area contributed by atoms with Gasteiger partial charge in [0.15, 0.2) is 0 Å². The quantitative estimate of drug-likeness (QED) is 0.846. The molecule has 0 aliphatic carbocycles. The van der Waals surface area contributed by atoms with Gasteiger partial charge in [0.05, 0.1) is 6.10 Å². The van der Waals surface area contributed by atoms with E-state index in [0.717, 1.165) is 19.1 Å². The lowest BCUT2D eigenvalue weighted by molar-refractivity contribution is 0.0290. The van der Waals surface area contributed by atoms with E-state index >= 15 is 0 Å². The van der Waals surface area contributed by atoms with E-state index in [1.54, 1.807) is 0 Å². The lowest BCUT2D eigenvalue weighted by Gasteiger charge is -2.37. The largest absolute Gasteiger partial charge is 0.378 e. The highest BCUT2D eigenvalue weighted by Crippen LogP contribution is 2.29. The van der Waals surface area contributed by atoms with E-state index in [9.17, 15) is 0 Å². The number of nitrogens with zero attached hydrogens (tertiary/aromatic N) is 1. The topological polar surface area (TPSA) is 38.5 Å². The van der Waals surface area contributed by atoms with Crippen LogP contribution in [0.2, 0.25) is 0 Å². The zero-order valence-electron chi connectivity index (χ0n) is 11.2. The molecule has 2 saturated heterocycles. The van der Waals surface area contributed by atoms with E-state index in [-0.39, 0.29) is 17.9 Å². The molecule has 0 radical (unpaired) electrons. The van der Waals surface area contributed by atoms with Crippen LogP contribution in [-0.2, 0) is 4.74 Å². The Kier molecular flexibility index (Phi) is 5.71. The number of nitrogens with two attached hydrogens (primary N) is 1. The van der Waals surface area contributed by atoms with Crippen molar-refractivity contribution in [2.24, 2.45) is 11.7 Å². The molecule has 17 heavy (non-hydrogen) atoms. The van der Waals surface area contributed by atoms with Crippen LogP contribution in [0.1, 0.15) is 39.5 Å². The molecular formula is C13H27ClN2O. The molecule has 0 aromatic heterocycles. The standard InChI is InChI=1S/C13H26N2O.ClH/c1-13(2,14)10-15-7-5-11(6-8-15)12-4-3-9-16-12;/h11-12H,3-10,14H2,1-2H3;1H. The second-order valence-corrected chi connectivity index (χ2v) is 6.15. The molecule has 2 rings (SSSR count). The Morgan fingerprint density at radius 2 is 1.88 bits per heavy atom. The number of ether oxygens (including phenoxy) is 1. The summed E-state index contributed by atoms with van der Waals surface area (Å²) >= 11 is 0. The Morgan fingerprint density at radius 1 is 1.24 bits per heavy atom. The van der Waals surface area contributed by atoms with Gasteiger partial charge < -0.3 is 15.4 Å². The summed E-state index contributed by atoms with van der Waals surface area (Å²) in [6, 6.07) is 0. The fraction of sp³-hybridized carbons (Fsp3) is 1.00. The first-order valence-electron chi connectivity index (χ1n) is 6.67. The van der Waals surface area contributed by atoms with E-state index in [1.807, 2.05) is 0 Å². The van der Waals surface area contributed by atoms with Crippen LogP contribution in [-0.4, -0.2) is 42.8 Å². The first-order chi connectivity index (χ1) is 7.54. The molecule has 2 aliphatic heterocycles. The molecule has 0 bridgehead atoms. The maximum atomic E-state index is 6.06. The van der Waals surface area contributed by atoms with Gasteiger partial charge in [-0.2, -0.15) is 0 Å². The van der Waals surface area contributed by atoms with Crippen LogP contribution < -0.4 is 5.73 Å². The molecule has 4 heteroatoms. The third-order valence-electron chi connectivity index (χ3n) is 3.75. The number of hydrogen-bond donors (Lipinski definition) is 1. The molecule has 2 N–H and O–H groups in total. The predicted molar refractivity (Wildman–Crippen MR) is 73.7 cm³/mol. The van der Waals surface area contributed by atoms with Crippen molar-refractivity contribution in [3.63, 3.8) is 0 Å². The first kappa shape index (κ1) is 15.2. The van der Waals surface area contributed by atoms with Crippen molar-refractivity contribution in [1.29, 1.82) is 0 Å². The van der Waals surface area contributed by atoms with Gasteiger partial charge in [0, 0.05) is 18.7 Å². The third-order valence-corrected chi connectivity index (χ3v) is 3.75. The van der Waals surface area contributed by atoms with E-state index in [0.29, 0.717) is 6.10 Å². The summed E-state index contributed by atoms with van der Waals surface area (Å²) in [5.41, 5.74) is 6.00. The highest BCUT2D eigenvalue weighted by Gasteiger charge is 2.30. The summed E-state index contributed by atoms with van der Waals surface area (Å²) in [5.74, 6) is 0.805. The van der Waals surface area contributed by atoms with Crippen molar-refractivity contribution in [2.45, 2.75) is 51.2 Å². The summed E-state index contributed by atoms with van der Waals surface area (Å²) in [7, 11) is 0. The summed E-state index contributed by atoms with van der Waals surface area (Å²) in [5, 5.41) is 0. The van der Waals surface area contributed by atoms with Crippen molar-refractivity contribution in [3.05, 3.63) is 0 Å². The smallest absolute Gasteiger partial charge is 0.0605 e. The maximum absolute atomic E-state index is 6.06. The van der Waals surface area contributed by atoms with Gasteiger partial charge in [0.2, 0.25) is 0 Å². The second-order valence-electron chi connectivity index (χ2n) is 6.15. The van der Waals surface area contributed by atoms with Crippen LogP contribution in [0.3, 0.4) is 0 Å². The Morgan fingerprint density at radius 3 is 2.35 bits per heavy atom. The lowest BCUT2D eigenvalue weighted by atomic mass is 9.89. The average Bonchev–Trinajstić information content (AvgIpc) is 2.69. The molecular weight excluding hydrogens is 236 g/mol. The van der Waals surface area contributed by atoms with Gasteiger partial charge in [-0.05, 0) is 58.5 Å². The minimum Gasteiger partial charge on any atom is -0.378 e. The van der Waals surface area contributed by atoms with Crippen molar-refractivity contribution in [1.82, 2.24) is 4.90 Å². The zero-order valence-corrected chi connectivity index (χ0v) is 12.0. The first-order valence-corrected chi connectivity index (χ1v) is 6.67. The minimum atomic E-state index is -0.0588. The van der Waals surface area contributed by atoms with E-state index in [4.69, 9.17) is 10.5 Å². The molecule has 3 nitrogen and oxygen atoms in total. The Bertz CT molecular complexity index is 216. The number of piperidine rings is 1. The minimum absolute atomic E-state index is 0. The monoisotopic (exact) mass is 262 g/mol. The van der Waals surface area contributed by atoms with Gasteiger partial charge in [0.1, 0.15) is 0 Å². The van der Waals surface area contributed by atoms with E-state index in [1.165, 1.54) is 38.8 Å². The van der Waals surface area contributed by atoms with E-state index < -0.39 is 0 Å². The molecule has 1 atom stereocenters. The lowest BCUT2D eigenvalue weighted by Crippen LogP contribution is -2.48. The average molecular weight is 263 g/mol. The zero-order chi connectivity index (χ0) is 11.6. The molecule has 0 aromatic carbocycles. The molecule has 0 amide bonds. The molecule has 0 saturated carbocycles. The van der Waals surface area contributed by atoms with Gasteiger partial charge in [-0.1, -0.05) is 0 Å². The van der Waals surface area contributed by atoms with Gasteiger partial charge >= 0.3 is 0 Å². The number of halogens is 1. The number of rotatable bonds is 3. The predicted octanol–water partition coefficient (Wildman–Crippen LogP) is 2.04. The van der Waals surface area contributed by atoms with Crippen LogP contribution >= 0.6 is 12.4 Å². The van der Waals surface area contributed by atoms with E-state index in [2.05, 4.69) is 18.7 Å². The van der Waals surface area contributed by atoms with Gasteiger partial charge in [-0.3, -0.25) is 0 Å². The normalized spacial score (nSPS) is 28.1. The molecule has 2 fully saturated rings. The Labute approximate surface area is 111 Å². The van der Waals surface area contributed by atoms with Crippen LogP contribution in [0.15, 0.2) is 0 Å². The van der Waals surface area contributed by atoms with Crippen LogP contribution in [0.5, 0.6) is 0 Å². The van der Waals surface area contributed by atoms with Crippen molar-refractivity contribution in [3.8, 4) is 0 Å². The van der Waals surface area contributed by atoms with Crippen LogP contribution in [0, 0.1) is 5.92 Å². The van der Waals surface area contributed by atoms with Crippen molar-refractivity contribution < 1.29 is 4.74 Å². The van der Waals surface area contributed by atoms with Crippen molar-refractivity contribution >= 4 is 12.4 Å². The highest BCUT2D eigenvalue weighted by atomic mass is 35.5. The SMILES string of the molecule is CC(C)(N)CN1CCC(C2CCCO2)CC1.Cl. The highest BCUT2D eigenvalue weighted by molar-refractivity contribution is 5.85. The van der Waals surface area contributed by atoms with Gasteiger partial charge in [-0.15, -0.1) is 12.4 Å². The van der Waals surface area contributed by atoms with Crippen LogP contribution in [0.4, 0.5) is 0 Å². The second kappa shape index (κ2) is 6.37. The molecule has 1 unspecified atom stereocenters. The fourth-order valence-electron chi connectivity index (χ4n) is 3.03. The van der Waals surface area contributed by atoms with Crippen molar-refractivity contribution in [2.75, 3.05) is 26.2 Å². The Balaban J connectivity index is 0.00000144. The molecule has 102 valence electrons. The summed E-state index contributed by atoms with van der Waals surface area (Å²) in [4.78, 5) is 2.51. The van der Waals surface area contributed by atoms with Crippen LogP contribution in [0.25, 0.3) is 0 Å². The van der Waals surface area contributed by atoms with Gasteiger partial charge in [-0.25, -0.2) is 0 Å². The summed E-state index contributed by atoms with van der Waals surface area (Å²) in [6.45, 7) is 8.63. The third kappa shape index (κ3) is 4.74.